The molecule has 1 aromatic heterocycles. The van der Waals surface area contributed by atoms with Crippen LogP contribution in [0, 0.1) is 28.5 Å². The number of likely N-dealkylation sites (tertiary alicyclic amines) is 1. The minimum absolute atomic E-state index is 0.00899. The van der Waals surface area contributed by atoms with Crippen molar-refractivity contribution in [1.82, 2.24) is 30.4 Å². The van der Waals surface area contributed by atoms with Crippen LogP contribution in [-0.4, -0.2) is 113 Å². The van der Waals surface area contributed by atoms with E-state index in [1.807, 2.05) is 4.90 Å². The van der Waals surface area contributed by atoms with Crippen LogP contribution in [0.1, 0.15) is 101 Å². The highest BCUT2D eigenvalue weighted by atomic mass is 35.5. The number of imide groups is 2. The van der Waals surface area contributed by atoms with Crippen molar-refractivity contribution in [3.05, 3.63) is 75.9 Å². The minimum Gasteiger partial charge on any atom is -0.490 e. The third-order valence-electron chi connectivity index (χ3n) is 13.5. The van der Waals surface area contributed by atoms with Crippen LogP contribution in [0.3, 0.4) is 0 Å². The molecule has 5 amide bonds. The number of fused-ring (bicyclic) bond motifs is 1. The molecular formula is C44H47ClFN9O6. The van der Waals surface area contributed by atoms with Gasteiger partial charge in [0.15, 0.2) is 0 Å². The zero-order valence-electron chi connectivity index (χ0n) is 33.7. The van der Waals surface area contributed by atoms with E-state index < -0.39 is 35.5 Å². The van der Waals surface area contributed by atoms with Gasteiger partial charge in [-0.25, -0.2) is 14.4 Å². The number of piperidine rings is 2. The molecule has 1 saturated carbocycles. The number of carbonyl (C=O) groups is 5. The van der Waals surface area contributed by atoms with Gasteiger partial charge in [0, 0.05) is 63.2 Å². The second-order valence-corrected chi connectivity index (χ2v) is 17.9. The van der Waals surface area contributed by atoms with E-state index in [-0.39, 0.29) is 53.1 Å². The number of halogens is 2. The number of rotatable bonds is 9. The third-order valence-corrected chi connectivity index (χ3v) is 13.8. The van der Waals surface area contributed by atoms with Crippen LogP contribution in [0.2, 0.25) is 5.02 Å². The Balaban J connectivity index is 0.720. The largest absolute Gasteiger partial charge is 0.490 e. The molecule has 2 atom stereocenters. The highest BCUT2D eigenvalue weighted by Crippen LogP contribution is 2.42. The monoisotopic (exact) mass is 851 g/mol. The zero-order valence-corrected chi connectivity index (χ0v) is 34.5. The van der Waals surface area contributed by atoms with Crippen molar-refractivity contribution in [2.45, 2.75) is 82.4 Å². The SMILES string of the molecule is N#Cc1ccc(OC2CCC(NC(=O)c3cnc(N4CCC5(CCN(CC6CCN(c7cc8c(cc7F)C(=O)N(C7CCC(=O)NC7=O)C8=O)CC6)C5)C4)cn3)CC2)cc1Cl. The Morgan fingerprint density at radius 2 is 1.67 bits per heavy atom. The maximum atomic E-state index is 15.5. The van der Waals surface area contributed by atoms with Gasteiger partial charge < -0.3 is 24.8 Å². The maximum Gasteiger partial charge on any atom is 0.271 e. The Kier molecular flexibility index (Phi) is 11.1. The number of hydrogen-bond acceptors (Lipinski definition) is 12. The van der Waals surface area contributed by atoms with E-state index in [0.717, 1.165) is 101 Å². The predicted octanol–water partition coefficient (Wildman–Crippen LogP) is 4.48. The Bertz CT molecular complexity index is 2310. The summed E-state index contributed by atoms with van der Waals surface area (Å²) < 4.78 is 21.6. The summed E-state index contributed by atoms with van der Waals surface area (Å²) in [6.07, 6.45) is 10.3. The first-order valence-electron chi connectivity index (χ1n) is 21.2. The minimum atomic E-state index is -1.10. The second kappa shape index (κ2) is 16.7. The standard InChI is InChI=1S/C44H47ClFN9O6/c45-33-17-30(4-1-27(33)20-47)61-29-5-2-28(3-6-29)50-40(57)35-21-49-38(22-48-35)54-16-12-44(25-54)11-15-52(24-44)23-26-9-13-53(14-10-26)37-19-32-31(18-34(37)46)42(59)55(43(32)60)36-7-8-39(56)51-41(36)58/h1,4,17-19,21-22,26,28-29,36H,2-3,5-16,23-25H2,(H,50,57)(H,51,56,58). The van der Waals surface area contributed by atoms with E-state index in [9.17, 15) is 24.0 Å². The summed E-state index contributed by atoms with van der Waals surface area (Å²) in [7, 11) is 0. The number of nitrogens with zero attached hydrogens (tertiary/aromatic N) is 7. The fourth-order valence-electron chi connectivity index (χ4n) is 10.1. The maximum absolute atomic E-state index is 15.5. The molecule has 1 aliphatic carbocycles. The van der Waals surface area contributed by atoms with Crippen molar-refractivity contribution in [3.63, 3.8) is 0 Å². The summed E-state index contributed by atoms with van der Waals surface area (Å²) in [4.78, 5) is 80.5. The Morgan fingerprint density at radius 1 is 0.918 bits per heavy atom. The van der Waals surface area contributed by atoms with Crippen LogP contribution < -0.4 is 25.2 Å². The Hall–Kier alpha value is -5.66. The van der Waals surface area contributed by atoms with Crippen LogP contribution in [0.5, 0.6) is 5.75 Å². The summed E-state index contributed by atoms with van der Waals surface area (Å²) in [6, 6.07) is 8.60. The highest BCUT2D eigenvalue weighted by molar-refractivity contribution is 6.31. The van der Waals surface area contributed by atoms with Crippen LogP contribution in [-0.2, 0) is 9.59 Å². The van der Waals surface area contributed by atoms with Gasteiger partial charge in [-0.1, -0.05) is 11.6 Å². The summed E-state index contributed by atoms with van der Waals surface area (Å²) in [5, 5.41) is 14.8. The molecule has 0 bridgehead atoms. The number of anilines is 2. The first kappa shape index (κ1) is 40.7. The molecule has 1 spiro atoms. The van der Waals surface area contributed by atoms with E-state index in [1.165, 1.54) is 6.07 Å². The number of amides is 5. The molecule has 15 nitrogen and oxygen atoms in total. The molecule has 5 aliphatic heterocycles. The first-order valence-corrected chi connectivity index (χ1v) is 21.6. The molecule has 61 heavy (non-hydrogen) atoms. The van der Waals surface area contributed by atoms with Crippen molar-refractivity contribution in [3.8, 4) is 11.8 Å². The van der Waals surface area contributed by atoms with Crippen LogP contribution in [0.15, 0.2) is 42.7 Å². The molecular weight excluding hydrogens is 805 g/mol. The van der Waals surface area contributed by atoms with E-state index in [2.05, 4.69) is 36.5 Å². The van der Waals surface area contributed by atoms with Gasteiger partial charge in [0.2, 0.25) is 11.8 Å². The summed E-state index contributed by atoms with van der Waals surface area (Å²) in [5.74, 6) is -1.47. The van der Waals surface area contributed by atoms with Crippen LogP contribution >= 0.6 is 11.6 Å². The topological polar surface area (TPSA) is 181 Å². The predicted molar refractivity (Wildman–Crippen MR) is 221 cm³/mol. The number of hydrogen-bond donors (Lipinski definition) is 2. The molecule has 17 heteroatoms. The Morgan fingerprint density at radius 3 is 2.38 bits per heavy atom. The van der Waals surface area contributed by atoms with Gasteiger partial charge >= 0.3 is 0 Å². The number of nitrogens with one attached hydrogen (secondary N) is 2. The first-order chi connectivity index (χ1) is 29.5. The number of carbonyl (C=O) groups excluding carboxylic acids is 5. The molecule has 6 heterocycles. The van der Waals surface area contributed by atoms with Crippen molar-refractivity contribution < 1.29 is 33.1 Å². The van der Waals surface area contributed by atoms with Crippen molar-refractivity contribution in [2.24, 2.45) is 11.3 Å². The van der Waals surface area contributed by atoms with E-state index in [0.29, 0.717) is 41.0 Å². The van der Waals surface area contributed by atoms with Gasteiger partial charge in [-0.05, 0) is 94.5 Å². The van der Waals surface area contributed by atoms with Gasteiger partial charge in [-0.2, -0.15) is 5.26 Å². The lowest BCUT2D eigenvalue weighted by Gasteiger charge is -2.36. The molecule has 318 valence electrons. The average molecular weight is 852 g/mol. The quantitative estimate of drug-likeness (QED) is 0.289. The molecule has 4 saturated heterocycles. The molecule has 3 aromatic rings. The number of ether oxygens (including phenoxy) is 1. The lowest BCUT2D eigenvalue weighted by Crippen LogP contribution is -2.54. The summed E-state index contributed by atoms with van der Waals surface area (Å²) >= 11 is 6.15. The lowest BCUT2D eigenvalue weighted by atomic mass is 9.86. The van der Waals surface area contributed by atoms with Gasteiger partial charge in [0.1, 0.15) is 35.2 Å². The normalized spacial score (nSPS) is 25.9. The summed E-state index contributed by atoms with van der Waals surface area (Å²) in [6.45, 7) is 5.94. The van der Waals surface area contributed by atoms with Gasteiger partial charge in [-0.15, -0.1) is 0 Å². The molecule has 2 aromatic carbocycles. The van der Waals surface area contributed by atoms with E-state index in [4.69, 9.17) is 21.6 Å². The molecule has 2 N–H and O–H groups in total. The third kappa shape index (κ3) is 8.25. The Labute approximate surface area is 357 Å². The molecule has 0 radical (unpaired) electrons. The van der Waals surface area contributed by atoms with Gasteiger partial charge in [0.25, 0.3) is 17.7 Å². The molecule has 5 fully saturated rings. The fraction of sp³-hybridized carbons (Fsp3) is 0.500. The number of aromatic nitrogens is 2. The van der Waals surface area contributed by atoms with Gasteiger partial charge in [-0.3, -0.25) is 34.2 Å². The second-order valence-electron chi connectivity index (χ2n) is 17.5. The number of benzene rings is 2. The van der Waals surface area contributed by atoms with Crippen LogP contribution in [0.4, 0.5) is 15.9 Å². The fourth-order valence-corrected chi connectivity index (χ4v) is 10.3. The number of nitriles is 1. The molecule has 6 aliphatic rings. The van der Waals surface area contributed by atoms with Crippen molar-refractivity contribution in [1.29, 1.82) is 5.26 Å². The van der Waals surface area contributed by atoms with E-state index >= 15 is 4.39 Å². The summed E-state index contributed by atoms with van der Waals surface area (Å²) in [5.41, 5.74) is 1.17. The van der Waals surface area contributed by atoms with Crippen molar-refractivity contribution >= 4 is 52.6 Å². The zero-order chi connectivity index (χ0) is 42.4. The van der Waals surface area contributed by atoms with E-state index in [1.54, 1.807) is 30.6 Å². The van der Waals surface area contributed by atoms with Gasteiger partial charge in [0.05, 0.1) is 45.9 Å². The highest BCUT2D eigenvalue weighted by Gasteiger charge is 2.46. The lowest BCUT2D eigenvalue weighted by molar-refractivity contribution is -0.136. The smallest absolute Gasteiger partial charge is 0.271 e. The average Bonchev–Trinajstić information content (AvgIpc) is 3.93. The van der Waals surface area contributed by atoms with Crippen molar-refractivity contribution in [2.75, 3.05) is 55.6 Å². The molecule has 9 rings (SSSR count). The van der Waals surface area contributed by atoms with Crippen LogP contribution in [0.25, 0.3) is 0 Å². The molecule has 2 unspecified atom stereocenters.